The maximum Gasteiger partial charge on any atom is 0.164 e. The van der Waals surface area contributed by atoms with Crippen molar-refractivity contribution in [3.05, 3.63) is 176 Å². The Morgan fingerprint density at radius 1 is 0.333 bits per heavy atom. The average Bonchev–Trinajstić information content (AvgIpc) is 3.61. The molecule has 238 valence electrons. The molecule has 4 heteroatoms. The summed E-state index contributed by atoms with van der Waals surface area (Å²) in [5, 5.41) is 7.66. The number of nitrogens with zero attached hydrogens (tertiary/aromatic N) is 3. The minimum absolute atomic E-state index is 0.643. The van der Waals surface area contributed by atoms with Crippen LogP contribution in [0.25, 0.3) is 98.1 Å². The highest BCUT2D eigenvalue weighted by molar-refractivity contribution is 7.27. The van der Waals surface area contributed by atoms with Crippen molar-refractivity contribution in [2.24, 2.45) is 0 Å². The number of aromatic nitrogens is 3. The number of benzene rings is 8. The van der Waals surface area contributed by atoms with Gasteiger partial charge in [0.1, 0.15) is 0 Å². The molecule has 0 amide bonds. The van der Waals surface area contributed by atoms with Gasteiger partial charge in [0, 0.05) is 42.2 Å². The molecule has 2 aromatic heterocycles. The van der Waals surface area contributed by atoms with Gasteiger partial charge in [-0.25, -0.2) is 15.0 Å². The van der Waals surface area contributed by atoms with E-state index < -0.39 is 0 Å². The molecule has 0 aliphatic rings. The molecule has 0 radical (unpaired) electrons. The lowest BCUT2D eigenvalue weighted by Gasteiger charge is -2.13. The largest absolute Gasteiger partial charge is 0.208 e. The molecular weight excluding hydrogens is 639 g/mol. The van der Waals surface area contributed by atoms with Crippen molar-refractivity contribution in [3.63, 3.8) is 0 Å². The molecule has 0 unspecified atom stereocenters. The molecule has 2 heterocycles. The molecule has 0 saturated carbocycles. The third-order valence-electron chi connectivity index (χ3n) is 9.68. The zero-order chi connectivity index (χ0) is 33.7. The number of thiophene rings is 1. The van der Waals surface area contributed by atoms with Crippen LogP contribution in [0.4, 0.5) is 0 Å². The molecule has 3 nitrogen and oxygen atoms in total. The number of fused-ring (bicyclic) bond motifs is 7. The van der Waals surface area contributed by atoms with Crippen molar-refractivity contribution < 1.29 is 0 Å². The lowest BCUT2D eigenvalue weighted by molar-refractivity contribution is 1.07. The first kappa shape index (κ1) is 29.4. The van der Waals surface area contributed by atoms with Crippen LogP contribution < -0.4 is 0 Å². The topological polar surface area (TPSA) is 38.7 Å². The highest BCUT2D eigenvalue weighted by atomic mass is 32.1. The molecular formula is C47H29N3S. The van der Waals surface area contributed by atoms with Crippen LogP contribution in [0.2, 0.25) is 0 Å². The Hall–Kier alpha value is -6.49. The van der Waals surface area contributed by atoms with Crippen LogP contribution in [0.15, 0.2) is 176 Å². The smallest absolute Gasteiger partial charge is 0.164 e. The summed E-state index contributed by atoms with van der Waals surface area (Å²) in [6, 6.07) is 62.1. The SMILES string of the molecule is c1ccc(-c2cccc(-c3nc(-c4ccccc4)nc(-c4cccc(-c5cc6ccc7ccccc7c6c6sc7ccccc7c56)c4)n3)c2)cc1. The molecule has 0 fully saturated rings. The summed E-state index contributed by atoms with van der Waals surface area (Å²) in [4.78, 5) is 15.2. The van der Waals surface area contributed by atoms with Gasteiger partial charge < -0.3 is 0 Å². The number of hydrogen-bond donors (Lipinski definition) is 0. The van der Waals surface area contributed by atoms with Gasteiger partial charge in [0.2, 0.25) is 0 Å². The van der Waals surface area contributed by atoms with Crippen LogP contribution in [0, 0.1) is 0 Å². The molecule has 0 saturated heterocycles. The summed E-state index contributed by atoms with van der Waals surface area (Å²) in [5.41, 5.74) is 7.45. The molecule has 0 aliphatic carbocycles. The third kappa shape index (κ3) is 5.16. The Bertz CT molecular complexity index is 2910. The van der Waals surface area contributed by atoms with Gasteiger partial charge >= 0.3 is 0 Å². The number of hydrogen-bond acceptors (Lipinski definition) is 4. The van der Waals surface area contributed by atoms with Crippen molar-refractivity contribution >= 4 is 53.1 Å². The van der Waals surface area contributed by atoms with Gasteiger partial charge in [-0.2, -0.15) is 0 Å². The van der Waals surface area contributed by atoms with Gasteiger partial charge in [0.05, 0.1) is 0 Å². The first-order chi connectivity index (χ1) is 25.3. The molecule has 0 N–H and O–H groups in total. The normalized spacial score (nSPS) is 11.5. The van der Waals surface area contributed by atoms with Crippen molar-refractivity contribution in [2.45, 2.75) is 0 Å². The van der Waals surface area contributed by atoms with E-state index >= 15 is 0 Å². The fourth-order valence-corrected chi connectivity index (χ4v) is 8.55. The Morgan fingerprint density at radius 2 is 0.863 bits per heavy atom. The summed E-state index contributed by atoms with van der Waals surface area (Å²) in [5.74, 6) is 1.93. The lowest BCUT2D eigenvalue weighted by atomic mass is 9.92. The van der Waals surface area contributed by atoms with Crippen LogP contribution >= 0.6 is 11.3 Å². The monoisotopic (exact) mass is 667 g/mol. The van der Waals surface area contributed by atoms with Gasteiger partial charge in [0.25, 0.3) is 0 Å². The molecule has 0 atom stereocenters. The van der Waals surface area contributed by atoms with Gasteiger partial charge in [-0.05, 0) is 62.7 Å². The second-order valence-corrected chi connectivity index (χ2v) is 13.9. The first-order valence-electron chi connectivity index (χ1n) is 17.1. The molecule has 0 spiro atoms. The van der Waals surface area contributed by atoms with Crippen molar-refractivity contribution in [1.82, 2.24) is 15.0 Å². The molecule has 0 aliphatic heterocycles. The van der Waals surface area contributed by atoms with Gasteiger partial charge in [0.15, 0.2) is 17.5 Å². The van der Waals surface area contributed by atoms with Crippen LogP contribution in [0.3, 0.4) is 0 Å². The van der Waals surface area contributed by atoms with E-state index in [4.69, 9.17) is 15.0 Å². The summed E-state index contributed by atoms with van der Waals surface area (Å²) < 4.78 is 2.61. The zero-order valence-corrected chi connectivity index (χ0v) is 28.3. The molecule has 8 aromatic carbocycles. The zero-order valence-electron chi connectivity index (χ0n) is 27.5. The molecule has 51 heavy (non-hydrogen) atoms. The fourth-order valence-electron chi connectivity index (χ4n) is 7.25. The number of rotatable bonds is 5. The molecule has 10 aromatic rings. The maximum absolute atomic E-state index is 5.14. The Kier molecular flexibility index (Phi) is 7.00. The van der Waals surface area contributed by atoms with Gasteiger partial charge in [-0.1, -0.05) is 152 Å². The van der Waals surface area contributed by atoms with E-state index in [9.17, 15) is 0 Å². The predicted molar refractivity (Wildman–Crippen MR) is 215 cm³/mol. The van der Waals surface area contributed by atoms with E-state index in [2.05, 4.69) is 152 Å². The molecule has 0 bridgehead atoms. The Morgan fingerprint density at radius 3 is 1.61 bits per heavy atom. The second-order valence-electron chi connectivity index (χ2n) is 12.8. The highest BCUT2D eigenvalue weighted by Gasteiger charge is 2.18. The average molecular weight is 668 g/mol. The molecule has 10 rings (SSSR count). The first-order valence-corrected chi connectivity index (χ1v) is 17.9. The highest BCUT2D eigenvalue weighted by Crippen LogP contribution is 2.46. The fraction of sp³-hybridized carbons (Fsp3) is 0. The quantitative estimate of drug-likeness (QED) is 0.171. The summed E-state index contributed by atoms with van der Waals surface area (Å²) in [6.07, 6.45) is 0. The van der Waals surface area contributed by atoms with E-state index in [-0.39, 0.29) is 0 Å². The predicted octanol–water partition coefficient (Wildman–Crippen LogP) is 12.9. The minimum atomic E-state index is 0.643. The van der Waals surface area contributed by atoms with E-state index in [1.165, 1.54) is 47.3 Å². The van der Waals surface area contributed by atoms with Crippen LogP contribution in [-0.4, -0.2) is 15.0 Å². The summed E-state index contributed by atoms with van der Waals surface area (Å²) in [6.45, 7) is 0. The van der Waals surface area contributed by atoms with Crippen LogP contribution in [-0.2, 0) is 0 Å². The second kappa shape index (κ2) is 12.1. The van der Waals surface area contributed by atoms with Crippen LogP contribution in [0.5, 0.6) is 0 Å². The van der Waals surface area contributed by atoms with E-state index in [0.29, 0.717) is 17.5 Å². The van der Waals surface area contributed by atoms with Crippen LogP contribution in [0.1, 0.15) is 0 Å². The van der Waals surface area contributed by atoms with Gasteiger partial charge in [-0.15, -0.1) is 11.3 Å². The lowest BCUT2D eigenvalue weighted by Crippen LogP contribution is -2.00. The van der Waals surface area contributed by atoms with Crippen molar-refractivity contribution in [3.8, 4) is 56.4 Å². The van der Waals surface area contributed by atoms with Crippen molar-refractivity contribution in [2.75, 3.05) is 0 Å². The summed E-state index contributed by atoms with van der Waals surface area (Å²) in [7, 11) is 0. The van der Waals surface area contributed by atoms with Gasteiger partial charge in [-0.3, -0.25) is 0 Å². The van der Waals surface area contributed by atoms with E-state index in [1.807, 2.05) is 35.6 Å². The van der Waals surface area contributed by atoms with E-state index in [0.717, 1.165) is 33.4 Å². The van der Waals surface area contributed by atoms with E-state index in [1.54, 1.807) is 0 Å². The Labute approximate surface area is 299 Å². The standard InChI is InChI=1S/C47H29N3S/c1-3-13-30(14-4-1)33-18-11-20-36(27-33)46-48-45(32-16-5-2-6-17-32)49-47(50-46)37-21-12-19-34(28-37)40-29-35-26-25-31-15-7-8-22-38(31)42(35)44-43(40)39-23-9-10-24-41(39)51-44/h1-29H. The Balaban J connectivity index is 1.18. The maximum atomic E-state index is 5.14. The summed E-state index contributed by atoms with van der Waals surface area (Å²) >= 11 is 1.88. The minimum Gasteiger partial charge on any atom is -0.208 e. The third-order valence-corrected chi connectivity index (χ3v) is 10.9. The van der Waals surface area contributed by atoms with Crippen molar-refractivity contribution in [1.29, 1.82) is 0 Å².